The second kappa shape index (κ2) is 10.5. The number of benzene rings is 2. The van der Waals surface area contributed by atoms with E-state index >= 15 is 0 Å². The van der Waals surface area contributed by atoms with Gasteiger partial charge in [-0.1, -0.05) is 36.4 Å². The average molecular weight is 484 g/mol. The Kier molecular flexibility index (Phi) is 7.94. The number of sulfonamides is 1. The van der Waals surface area contributed by atoms with Crippen LogP contribution in [-0.2, 0) is 21.2 Å². The van der Waals surface area contributed by atoms with Crippen molar-refractivity contribution in [1.29, 1.82) is 0 Å². The topological polar surface area (TPSA) is 88.6 Å². The summed E-state index contributed by atoms with van der Waals surface area (Å²) in [5.74, 6) is 0. The molecule has 0 aliphatic rings. The number of hydrogen-bond acceptors (Lipinski definition) is 5. The number of aryl methyl sites for hydroxylation is 1. The van der Waals surface area contributed by atoms with Crippen LogP contribution in [0.25, 0.3) is 10.8 Å². The highest BCUT2D eigenvalue weighted by molar-refractivity contribution is 7.89. The Balaban J connectivity index is 1.74. The molecule has 3 aromatic rings. The predicted octanol–water partition coefficient (Wildman–Crippen LogP) is 4.69. The average Bonchev–Trinajstić information content (AvgIpc) is 2.76. The maximum absolute atomic E-state index is 13.1. The molecule has 8 heteroatoms. The van der Waals surface area contributed by atoms with Gasteiger partial charge in [0.25, 0.3) is 0 Å². The largest absolute Gasteiger partial charge is 0.444 e. The van der Waals surface area contributed by atoms with Gasteiger partial charge < -0.3 is 9.64 Å². The van der Waals surface area contributed by atoms with E-state index in [1.54, 1.807) is 42.4 Å². The van der Waals surface area contributed by atoms with Crippen LogP contribution in [0.15, 0.2) is 65.8 Å². The van der Waals surface area contributed by atoms with Gasteiger partial charge in [0, 0.05) is 36.9 Å². The van der Waals surface area contributed by atoms with Gasteiger partial charge in [-0.2, -0.15) is 0 Å². The van der Waals surface area contributed by atoms with Crippen molar-refractivity contribution in [2.45, 2.75) is 57.6 Å². The van der Waals surface area contributed by atoms with Gasteiger partial charge in [0.1, 0.15) is 5.60 Å². The Hall–Kier alpha value is -2.97. The number of aromatic nitrogens is 1. The molecule has 0 aliphatic heterocycles. The smallest absolute Gasteiger partial charge is 0.410 e. The third kappa shape index (κ3) is 7.01. The van der Waals surface area contributed by atoms with Gasteiger partial charge in [0.2, 0.25) is 10.0 Å². The molecule has 182 valence electrons. The van der Waals surface area contributed by atoms with Gasteiger partial charge in [-0.3, -0.25) is 4.98 Å². The minimum absolute atomic E-state index is 0.175. The molecule has 2 aromatic carbocycles. The molecule has 0 saturated heterocycles. The number of nitrogens with zero attached hydrogens (tertiary/aromatic N) is 2. The number of amides is 1. The molecule has 0 spiro atoms. The van der Waals surface area contributed by atoms with Gasteiger partial charge in [-0.25, -0.2) is 17.9 Å². The van der Waals surface area contributed by atoms with E-state index < -0.39 is 27.8 Å². The van der Waals surface area contributed by atoms with Gasteiger partial charge in [-0.05, 0) is 69.7 Å². The van der Waals surface area contributed by atoms with E-state index in [-0.39, 0.29) is 11.4 Å². The Morgan fingerprint density at radius 2 is 1.82 bits per heavy atom. The number of nitrogens with one attached hydrogen (secondary N) is 1. The zero-order chi connectivity index (χ0) is 24.9. The molecule has 34 heavy (non-hydrogen) atoms. The van der Waals surface area contributed by atoms with E-state index in [1.165, 1.54) is 0 Å². The standard InChI is InChI=1S/C26H33N3O4S/c1-19-16-27-17-22-11-12-23(15-24(19)22)34(31,32)28-20(2)18-29(25(30)33-26(3,4)5)14-13-21-9-7-6-8-10-21/h6-12,15-17,20,28H,13-14,18H2,1-5H3/t20-/m1/s1. The first-order valence-electron chi connectivity index (χ1n) is 11.3. The van der Waals surface area contributed by atoms with E-state index in [1.807, 2.05) is 58.0 Å². The number of rotatable bonds is 8. The molecule has 0 bridgehead atoms. The van der Waals surface area contributed by atoms with Crippen molar-refractivity contribution in [2.24, 2.45) is 0 Å². The highest BCUT2D eigenvalue weighted by atomic mass is 32.2. The summed E-state index contributed by atoms with van der Waals surface area (Å²) in [4.78, 5) is 18.7. The molecule has 1 N–H and O–H groups in total. The second-order valence-electron chi connectivity index (χ2n) is 9.52. The fourth-order valence-corrected chi connectivity index (χ4v) is 4.91. The molecule has 1 atom stereocenters. The van der Waals surface area contributed by atoms with Crippen molar-refractivity contribution in [1.82, 2.24) is 14.6 Å². The first kappa shape index (κ1) is 25.6. The lowest BCUT2D eigenvalue weighted by Crippen LogP contribution is -2.46. The van der Waals surface area contributed by atoms with Crippen LogP contribution in [0, 0.1) is 6.92 Å². The van der Waals surface area contributed by atoms with Crippen molar-refractivity contribution in [3.05, 3.63) is 72.1 Å². The third-order valence-electron chi connectivity index (χ3n) is 5.26. The van der Waals surface area contributed by atoms with Gasteiger partial charge >= 0.3 is 6.09 Å². The van der Waals surface area contributed by atoms with Crippen LogP contribution in [-0.4, -0.2) is 49.1 Å². The maximum Gasteiger partial charge on any atom is 0.410 e. The number of ether oxygens (including phenoxy) is 1. The van der Waals surface area contributed by atoms with Crippen LogP contribution in [0.4, 0.5) is 4.79 Å². The Morgan fingerprint density at radius 3 is 2.50 bits per heavy atom. The van der Waals surface area contributed by atoms with E-state index in [0.717, 1.165) is 21.9 Å². The lowest BCUT2D eigenvalue weighted by Gasteiger charge is -2.29. The summed E-state index contributed by atoms with van der Waals surface area (Å²) in [5.41, 5.74) is 1.34. The van der Waals surface area contributed by atoms with Crippen LogP contribution in [0.2, 0.25) is 0 Å². The van der Waals surface area contributed by atoms with Crippen molar-refractivity contribution in [2.75, 3.05) is 13.1 Å². The Labute approximate surface area is 202 Å². The van der Waals surface area contributed by atoms with E-state index in [9.17, 15) is 13.2 Å². The lowest BCUT2D eigenvalue weighted by molar-refractivity contribution is 0.0241. The lowest BCUT2D eigenvalue weighted by atomic mass is 10.1. The molecule has 0 saturated carbocycles. The van der Waals surface area contributed by atoms with E-state index in [4.69, 9.17) is 4.74 Å². The fourth-order valence-electron chi connectivity index (χ4n) is 3.65. The molecule has 1 amide bonds. The van der Waals surface area contributed by atoms with Crippen molar-refractivity contribution < 1.29 is 17.9 Å². The van der Waals surface area contributed by atoms with Gasteiger partial charge in [0.05, 0.1) is 4.90 Å². The number of carbonyl (C=O) groups is 1. The highest BCUT2D eigenvalue weighted by Gasteiger charge is 2.25. The fraction of sp³-hybridized carbons (Fsp3) is 0.385. The first-order valence-corrected chi connectivity index (χ1v) is 12.8. The van der Waals surface area contributed by atoms with E-state index in [0.29, 0.717) is 13.0 Å². The van der Waals surface area contributed by atoms with Gasteiger partial charge in [0.15, 0.2) is 0 Å². The van der Waals surface area contributed by atoms with Crippen molar-refractivity contribution in [3.63, 3.8) is 0 Å². The van der Waals surface area contributed by atoms with Crippen molar-refractivity contribution in [3.8, 4) is 0 Å². The van der Waals surface area contributed by atoms with Crippen LogP contribution in [0.1, 0.15) is 38.8 Å². The van der Waals surface area contributed by atoms with E-state index in [2.05, 4.69) is 9.71 Å². The van der Waals surface area contributed by atoms with Crippen LogP contribution < -0.4 is 4.72 Å². The van der Waals surface area contributed by atoms with Crippen LogP contribution in [0.5, 0.6) is 0 Å². The van der Waals surface area contributed by atoms with Crippen molar-refractivity contribution >= 4 is 26.9 Å². The molecule has 0 fully saturated rings. The highest BCUT2D eigenvalue weighted by Crippen LogP contribution is 2.21. The number of carbonyl (C=O) groups excluding carboxylic acids is 1. The molecule has 1 aromatic heterocycles. The SMILES string of the molecule is Cc1cncc2ccc(S(=O)(=O)N[C@H](C)CN(CCc3ccccc3)C(=O)OC(C)(C)C)cc12. The summed E-state index contributed by atoms with van der Waals surface area (Å²) in [6.07, 6.45) is 3.58. The molecule has 3 rings (SSSR count). The summed E-state index contributed by atoms with van der Waals surface area (Å²) >= 11 is 0. The molecule has 0 radical (unpaired) electrons. The summed E-state index contributed by atoms with van der Waals surface area (Å²) in [5, 5.41) is 1.72. The molecular formula is C26H33N3O4S. The summed E-state index contributed by atoms with van der Waals surface area (Å²) in [6, 6.07) is 14.3. The predicted molar refractivity (Wildman–Crippen MR) is 134 cm³/mol. The summed E-state index contributed by atoms with van der Waals surface area (Å²) in [7, 11) is -3.79. The Morgan fingerprint density at radius 1 is 1.12 bits per heavy atom. The summed E-state index contributed by atoms with van der Waals surface area (Å²) in [6.45, 7) is 9.66. The molecule has 0 aliphatic carbocycles. The van der Waals surface area contributed by atoms with Crippen LogP contribution in [0.3, 0.4) is 0 Å². The maximum atomic E-state index is 13.1. The molecule has 7 nitrogen and oxygen atoms in total. The normalized spacial score (nSPS) is 13.0. The number of pyridine rings is 1. The number of fused-ring (bicyclic) bond motifs is 1. The third-order valence-corrected chi connectivity index (χ3v) is 6.84. The summed E-state index contributed by atoms with van der Waals surface area (Å²) < 4.78 is 34.5. The zero-order valence-electron chi connectivity index (χ0n) is 20.4. The minimum Gasteiger partial charge on any atom is -0.444 e. The quantitative estimate of drug-likeness (QED) is 0.502. The molecular weight excluding hydrogens is 450 g/mol. The number of hydrogen-bond donors (Lipinski definition) is 1. The monoisotopic (exact) mass is 483 g/mol. The van der Waals surface area contributed by atoms with Gasteiger partial charge in [-0.15, -0.1) is 0 Å². The molecule has 1 heterocycles. The Bertz CT molecular complexity index is 1240. The zero-order valence-corrected chi connectivity index (χ0v) is 21.2. The molecule has 0 unspecified atom stereocenters. The first-order chi connectivity index (χ1) is 15.9. The van der Waals surface area contributed by atoms with Crippen LogP contribution >= 0.6 is 0 Å². The minimum atomic E-state index is -3.79. The second-order valence-corrected chi connectivity index (χ2v) is 11.2.